The monoisotopic (exact) mass is 806 g/mol. The molecule has 0 amide bonds. The summed E-state index contributed by atoms with van der Waals surface area (Å²) in [4.78, 5) is 0. The van der Waals surface area contributed by atoms with Crippen molar-refractivity contribution >= 4 is 98.1 Å². The first-order valence-electron chi connectivity index (χ1n) is 22.0. The van der Waals surface area contributed by atoms with Gasteiger partial charge in [0.05, 0.1) is 0 Å². The lowest BCUT2D eigenvalue weighted by molar-refractivity contribution is 0.563. The van der Waals surface area contributed by atoms with Crippen LogP contribution in [0.1, 0.15) is 43.9 Å². The fourth-order valence-corrected chi connectivity index (χ4v) is 10.9. The second-order valence-electron chi connectivity index (χ2n) is 18.2. The molecule has 1 aliphatic carbocycles. The lowest BCUT2D eigenvalue weighted by Gasteiger charge is -2.19. The predicted molar refractivity (Wildman–Crippen MR) is 268 cm³/mol. The first kappa shape index (κ1) is 36.0. The fraction of sp³-hybridized carbons (Fsp3) is 0.0820. The lowest BCUT2D eigenvalue weighted by Crippen LogP contribution is -2.11. The van der Waals surface area contributed by atoms with E-state index in [-0.39, 0.29) is 5.41 Å². The van der Waals surface area contributed by atoms with Crippen LogP contribution >= 0.6 is 0 Å². The summed E-state index contributed by atoms with van der Waals surface area (Å²) in [5.41, 5.74) is 15.2. The molecule has 0 radical (unpaired) electrons. The van der Waals surface area contributed by atoms with Crippen molar-refractivity contribution in [2.24, 2.45) is 0 Å². The number of para-hydroxylation sites is 1. The summed E-state index contributed by atoms with van der Waals surface area (Å²) in [6.07, 6.45) is 5.73. The van der Waals surface area contributed by atoms with E-state index < -0.39 is 0 Å². The summed E-state index contributed by atoms with van der Waals surface area (Å²) in [5, 5.41) is 14.4. The minimum Gasteiger partial charge on any atom is -0.456 e. The molecule has 13 rings (SSSR count). The Morgan fingerprint density at radius 1 is 0.460 bits per heavy atom. The predicted octanol–water partition coefficient (Wildman–Crippen LogP) is 17.6. The van der Waals surface area contributed by atoms with Crippen LogP contribution < -0.4 is 0 Å². The third-order valence-corrected chi connectivity index (χ3v) is 13.9. The second-order valence-corrected chi connectivity index (χ2v) is 18.2. The molecule has 0 bridgehead atoms. The molecule has 1 aliphatic rings. The molecule has 0 N–H and O–H groups in total. The van der Waals surface area contributed by atoms with E-state index in [1.54, 1.807) is 0 Å². The van der Waals surface area contributed by atoms with Gasteiger partial charge < -0.3 is 8.83 Å². The van der Waals surface area contributed by atoms with Gasteiger partial charge in [-0.3, -0.25) is 0 Å². The van der Waals surface area contributed by atoms with Crippen molar-refractivity contribution in [2.75, 3.05) is 0 Å². The number of benzene rings is 10. The highest BCUT2D eigenvalue weighted by molar-refractivity contribution is 6.22. The van der Waals surface area contributed by atoms with Gasteiger partial charge in [-0.15, -0.1) is 0 Å². The second kappa shape index (κ2) is 13.4. The molecule has 2 heterocycles. The van der Waals surface area contributed by atoms with Crippen LogP contribution in [0.4, 0.5) is 0 Å². The van der Waals surface area contributed by atoms with Gasteiger partial charge in [-0.05, 0) is 149 Å². The number of furan rings is 2. The molecule has 0 saturated carbocycles. The number of hydrogen-bond acceptors (Lipinski definition) is 2. The van der Waals surface area contributed by atoms with Crippen molar-refractivity contribution in [1.29, 1.82) is 0 Å². The summed E-state index contributed by atoms with van der Waals surface area (Å²) in [7, 11) is 0. The fourth-order valence-electron chi connectivity index (χ4n) is 10.9. The van der Waals surface area contributed by atoms with Gasteiger partial charge in [-0.25, -0.2) is 0 Å². The number of rotatable bonds is 4. The van der Waals surface area contributed by atoms with E-state index in [9.17, 15) is 0 Å². The summed E-state index contributed by atoms with van der Waals surface area (Å²) in [5.74, 6) is 0. The Bertz CT molecular complexity index is 3910. The Labute approximate surface area is 365 Å². The van der Waals surface area contributed by atoms with Crippen LogP contribution in [-0.4, -0.2) is 0 Å². The molecule has 63 heavy (non-hydrogen) atoms. The van der Waals surface area contributed by atoms with Crippen LogP contribution in [0.15, 0.2) is 197 Å². The number of fused-ring (bicyclic) bond motifs is 12. The SMILES string of the molecule is C/C(=C\C=C1/CC(C)(C)c2cc(-c3ccc4oc5c6cc7oc8ccccc8c7cc6ccc5c4c3)ccc21)c1c2ccccc2c(-c2cccc3ccccc23)c2ccccc12. The molecule has 0 unspecified atom stereocenters. The molecular weight excluding hydrogens is 765 g/mol. The average Bonchev–Trinajstić information content (AvgIpc) is 3.96. The number of allylic oxidation sites excluding steroid dienone is 4. The Hall–Kier alpha value is -7.68. The molecule has 10 aromatic carbocycles. The molecule has 2 aromatic heterocycles. The highest BCUT2D eigenvalue weighted by Crippen LogP contribution is 2.48. The van der Waals surface area contributed by atoms with E-state index >= 15 is 0 Å². The Morgan fingerprint density at radius 2 is 1.11 bits per heavy atom. The van der Waals surface area contributed by atoms with E-state index in [1.165, 1.54) is 82.4 Å². The van der Waals surface area contributed by atoms with Gasteiger partial charge in [0.1, 0.15) is 22.3 Å². The van der Waals surface area contributed by atoms with Crippen LogP contribution in [0.3, 0.4) is 0 Å². The van der Waals surface area contributed by atoms with Crippen molar-refractivity contribution < 1.29 is 8.83 Å². The quantitative estimate of drug-likeness (QED) is 0.166. The van der Waals surface area contributed by atoms with Crippen LogP contribution in [0.25, 0.3) is 120 Å². The zero-order valence-electron chi connectivity index (χ0n) is 35.4. The van der Waals surface area contributed by atoms with Gasteiger partial charge in [0.25, 0.3) is 0 Å². The maximum absolute atomic E-state index is 6.61. The smallest absolute Gasteiger partial charge is 0.143 e. The molecule has 2 nitrogen and oxygen atoms in total. The highest BCUT2D eigenvalue weighted by Gasteiger charge is 2.33. The van der Waals surface area contributed by atoms with E-state index in [4.69, 9.17) is 8.83 Å². The largest absolute Gasteiger partial charge is 0.456 e. The van der Waals surface area contributed by atoms with E-state index in [0.717, 1.165) is 61.1 Å². The minimum atomic E-state index is -0.00817. The Balaban J connectivity index is 0.888. The van der Waals surface area contributed by atoms with Gasteiger partial charge >= 0.3 is 0 Å². The molecule has 2 heteroatoms. The Kier molecular flexibility index (Phi) is 7.67. The highest BCUT2D eigenvalue weighted by atomic mass is 16.3. The molecule has 298 valence electrons. The summed E-state index contributed by atoms with van der Waals surface area (Å²) >= 11 is 0. The summed E-state index contributed by atoms with van der Waals surface area (Å²) in [6.45, 7) is 7.05. The third-order valence-electron chi connectivity index (χ3n) is 13.9. The molecule has 0 fully saturated rings. The maximum Gasteiger partial charge on any atom is 0.143 e. The van der Waals surface area contributed by atoms with Crippen molar-refractivity contribution in [1.82, 2.24) is 0 Å². The zero-order chi connectivity index (χ0) is 42.0. The maximum atomic E-state index is 6.61. The first-order valence-corrected chi connectivity index (χ1v) is 22.0. The molecule has 0 saturated heterocycles. The minimum absolute atomic E-state index is 0.00817. The van der Waals surface area contributed by atoms with Gasteiger partial charge in [-0.1, -0.05) is 159 Å². The van der Waals surface area contributed by atoms with Gasteiger partial charge in [0.2, 0.25) is 0 Å². The van der Waals surface area contributed by atoms with Gasteiger partial charge in [-0.2, -0.15) is 0 Å². The Morgan fingerprint density at radius 3 is 1.92 bits per heavy atom. The molecular formula is C61H42O2. The van der Waals surface area contributed by atoms with Crippen LogP contribution in [0.2, 0.25) is 0 Å². The van der Waals surface area contributed by atoms with Crippen LogP contribution in [0.5, 0.6) is 0 Å². The van der Waals surface area contributed by atoms with Crippen molar-refractivity contribution in [3.05, 3.63) is 205 Å². The first-order chi connectivity index (χ1) is 30.9. The average molecular weight is 807 g/mol. The summed E-state index contributed by atoms with van der Waals surface area (Å²) in [6, 6.07) is 64.1. The van der Waals surface area contributed by atoms with Crippen molar-refractivity contribution in [3.63, 3.8) is 0 Å². The van der Waals surface area contributed by atoms with E-state index in [2.05, 4.69) is 197 Å². The molecule has 0 aliphatic heterocycles. The molecule has 12 aromatic rings. The van der Waals surface area contributed by atoms with E-state index in [1.807, 2.05) is 12.1 Å². The third kappa shape index (κ3) is 5.44. The topological polar surface area (TPSA) is 26.3 Å². The normalized spacial score (nSPS) is 14.8. The molecule has 0 spiro atoms. The zero-order valence-corrected chi connectivity index (χ0v) is 35.4. The van der Waals surface area contributed by atoms with Crippen molar-refractivity contribution in [3.8, 4) is 22.3 Å². The van der Waals surface area contributed by atoms with Crippen LogP contribution in [-0.2, 0) is 5.41 Å². The van der Waals surface area contributed by atoms with Gasteiger partial charge in [0, 0.05) is 26.9 Å². The van der Waals surface area contributed by atoms with E-state index in [0.29, 0.717) is 0 Å². The number of hydrogen-bond donors (Lipinski definition) is 0. The standard InChI is InChI=1S/C61H42O2/c1-36(58-46-17-6-8-19-48(46)59(49-20-9-7-18-47(49)58)45-21-12-14-37-13-4-5-15-42(37)45)23-24-41-35-61(2,3)54-33-39(25-28-43(41)54)38-27-30-56-53(31-38)50-29-26-40-32-52-44-16-10-11-22-55(44)62-57(52)34-51(40)60(50)63-56/h4-34H,35H2,1-3H3/b36-23+,41-24+. The summed E-state index contributed by atoms with van der Waals surface area (Å²) < 4.78 is 12.9. The lowest BCUT2D eigenvalue weighted by atomic mass is 9.84. The van der Waals surface area contributed by atoms with Crippen molar-refractivity contribution in [2.45, 2.75) is 32.6 Å². The van der Waals surface area contributed by atoms with Gasteiger partial charge in [0.15, 0.2) is 0 Å². The molecule has 0 atom stereocenters. The van der Waals surface area contributed by atoms with Crippen LogP contribution in [0, 0.1) is 0 Å².